The second-order valence-electron chi connectivity index (χ2n) is 4.55. The van der Waals surface area contributed by atoms with E-state index in [0.29, 0.717) is 5.41 Å². The Morgan fingerprint density at radius 2 is 2.14 bits per heavy atom. The smallest absolute Gasteiger partial charge is 0.329 e. The third-order valence-electron chi connectivity index (χ3n) is 3.11. The number of aliphatic carboxylic acids is 1. The van der Waals surface area contributed by atoms with Crippen LogP contribution in [0.3, 0.4) is 0 Å². The van der Waals surface area contributed by atoms with Crippen LogP contribution in [0.15, 0.2) is 12.3 Å². The van der Waals surface area contributed by atoms with Crippen molar-refractivity contribution in [2.45, 2.75) is 6.42 Å². The van der Waals surface area contributed by atoms with Crippen molar-refractivity contribution >= 4 is 5.97 Å². The van der Waals surface area contributed by atoms with E-state index in [2.05, 4.69) is 16.8 Å². The van der Waals surface area contributed by atoms with Gasteiger partial charge in [-0.1, -0.05) is 0 Å². The molecule has 0 saturated carbocycles. The number of carboxylic acid groups (broad SMARTS) is 1. The molecule has 2 heterocycles. The van der Waals surface area contributed by atoms with E-state index in [-0.39, 0.29) is 0 Å². The molecule has 2 rings (SSSR count). The number of carbonyl (C=O) groups is 1. The summed E-state index contributed by atoms with van der Waals surface area (Å²) < 4.78 is 0. The third-order valence-corrected chi connectivity index (χ3v) is 3.11. The molecule has 4 nitrogen and oxygen atoms in total. The minimum Gasteiger partial charge on any atom is -0.478 e. The Morgan fingerprint density at radius 3 is 2.71 bits per heavy atom. The lowest BCUT2D eigenvalue weighted by atomic mass is 9.80. The molecule has 0 aromatic heterocycles. The quantitative estimate of drug-likeness (QED) is 0.642. The maximum Gasteiger partial charge on any atom is 0.329 e. The fourth-order valence-corrected chi connectivity index (χ4v) is 2.62. The maximum absolute atomic E-state index is 10.3. The number of nitrogens with zero attached hydrogens (tertiary/aromatic N) is 2. The standard InChI is InChI=1S/C10H16N2O2/c1-11-6-10(7-11)3-5-12(8-10)4-2-9(13)14/h2,4H,3,5-8H2,1H3,(H,13,14)/b4-2+. The Hall–Kier alpha value is -1.03. The third kappa shape index (κ3) is 1.75. The normalized spacial score (nSPS) is 25.9. The zero-order valence-electron chi connectivity index (χ0n) is 8.44. The summed E-state index contributed by atoms with van der Waals surface area (Å²) in [6, 6.07) is 0. The van der Waals surface area contributed by atoms with Crippen LogP contribution in [0.2, 0.25) is 0 Å². The van der Waals surface area contributed by atoms with Crippen LogP contribution < -0.4 is 0 Å². The first-order chi connectivity index (χ1) is 6.60. The van der Waals surface area contributed by atoms with Gasteiger partial charge < -0.3 is 14.9 Å². The van der Waals surface area contributed by atoms with Crippen LogP contribution in [0.25, 0.3) is 0 Å². The zero-order valence-corrected chi connectivity index (χ0v) is 8.44. The predicted molar refractivity (Wildman–Crippen MR) is 52.9 cm³/mol. The molecule has 2 fully saturated rings. The van der Waals surface area contributed by atoms with Gasteiger partial charge in [-0.25, -0.2) is 4.79 Å². The van der Waals surface area contributed by atoms with Crippen molar-refractivity contribution in [3.63, 3.8) is 0 Å². The molecule has 0 aromatic rings. The molecule has 2 saturated heterocycles. The highest BCUT2D eigenvalue weighted by Gasteiger charge is 2.45. The lowest BCUT2D eigenvalue weighted by Gasteiger charge is -2.46. The van der Waals surface area contributed by atoms with E-state index in [1.807, 2.05) is 0 Å². The maximum atomic E-state index is 10.3. The average molecular weight is 196 g/mol. The van der Waals surface area contributed by atoms with E-state index in [4.69, 9.17) is 5.11 Å². The predicted octanol–water partition coefficient (Wildman–Crippen LogP) is 0.222. The molecule has 1 N–H and O–H groups in total. The summed E-state index contributed by atoms with van der Waals surface area (Å²) in [5.41, 5.74) is 0.456. The summed E-state index contributed by atoms with van der Waals surface area (Å²) in [6.45, 7) is 4.33. The molecule has 2 aliphatic rings. The minimum absolute atomic E-state index is 0.456. The van der Waals surface area contributed by atoms with Gasteiger partial charge in [-0.15, -0.1) is 0 Å². The van der Waals surface area contributed by atoms with Gasteiger partial charge in [-0.3, -0.25) is 0 Å². The molecule has 0 radical (unpaired) electrons. The van der Waals surface area contributed by atoms with Crippen molar-refractivity contribution in [3.8, 4) is 0 Å². The molecule has 2 aliphatic heterocycles. The topological polar surface area (TPSA) is 43.8 Å². The molecule has 0 aromatic carbocycles. The van der Waals surface area contributed by atoms with Crippen molar-refractivity contribution in [2.24, 2.45) is 5.41 Å². The van der Waals surface area contributed by atoms with E-state index in [1.54, 1.807) is 6.20 Å². The highest BCUT2D eigenvalue weighted by Crippen LogP contribution is 2.38. The summed E-state index contributed by atoms with van der Waals surface area (Å²) in [5, 5.41) is 8.50. The monoisotopic (exact) mass is 196 g/mol. The number of hydrogen-bond donors (Lipinski definition) is 1. The average Bonchev–Trinajstić information content (AvgIpc) is 2.45. The van der Waals surface area contributed by atoms with Crippen molar-refractivity contribution in [1.29, 1.82) is 0 Å². The Labute approximate surface area is 83.8 Å². The van der Waals surface area contributed by atoms with Gasteiger partial charge in [0.1, 0.15) is 0 Å². The summed E-state index contributed by atoms with van der Waals surface area (Å²) in [6.07, 6.45) is 4.12. The van der Waals surface area contributed by atoms with E-state index in [9.17, 15) is 4.79 Å². The highest BCUT2D eigenvalue weighted by molar-refractivity contribution is 5.79. The van der Waals surface area contributed by atoms with Gasteiger partial charge in [0.2, 0.25) is 0 Å². The highest BCUT2D eigenvalue weighted by atomic mass is 16.4. The molecule has 14 heavy (non-hydrogen) atoms. The fraction of sp³-hybridized carbons (Fsp3) is 0.700. The Morgan fingerprint density at radius 1 is 1.43 bits per heavy atom. The molecular weight excluding hydrogens is 180 g/mol. The van der Waals surface area contributed by atoms with Gasteiger partial charge in [-0.05, 0) is 13.5 Å². The number of hydrogen-bond acceptors (Lipinski definition) is 3. The first-order valence-corrected chi connectivity index (χ1v) is 4.93. The van der Waals surface area contributed by atoms with Crippen LogP contribution in [-0.4, -0.2) is 54.1 Å². The van der Waals surface area contributed by atoms with Crippen molar-refractivity contribution < 1.29 is 9.90 Å². The molecule has 0 aliphatic carbocycles. The van der Waals surface area contributed by atoms with Crippen LogP contribution in [0.1, 0.15) is 6.42 Å². The summed E-state index contributed by atoms with van der Waals surface area (Å²) in [5.74, 6) is -0.864. The van der Waals surface area contributed by atoms with Crippen molar-refractivity contribution in [3.05, 3.63) is 12.3 Å². The minimum atomic E-state index is -0.864. The lowest BCUT2D eigenvalue weighted by Crippen LogP contribution is -2.55. The number of rotatable bonds is 2. The van der Waals surface area contributed by atoms with Gasteiger partial charge in [0.05, 0.1) is 0 Å². The molecule has 0 amide bonds. The van der Waals surface area contributed by atoms with E-state index in [0.717, 1.165) is 26.2 Å². The van der Waals surface area contributed by atoms with Gasteiger partial charge in [0.25, 0.3) is 0 Å². The summed E-state index contributed by atoms with van der Waals surface area (Å²) in [7, 11) is 2.13. The van der Waals surface area contributed by atoms with Gasteiger partial charge >= 0.3 is 5.97 Å². The van der Waals surface area contributed by atoms with E-state index in [1.165, 1.54) is 12.5 Å². The molecule has 0 unspecified atom stereocenters. The molecule has 78 valence electrons. The summed E-state index contributed by atoms with van der Waals surface area (Å²) in [4.78, 5) is 14.8. The Bertz CT molecular complexity index is 269. The second kappa shape index (κ2) is 3.28. The van der Waals surface area contributed by atoms with E-state index < -0.39 is 5.97 Å². The molecular formula is C10H16N2O2. The first kappa shape index (κ1) is 9.52. The van der Waals surface area contributed by atoms with Gasteiger partial charge in [0.15, 0.2) is 0 Å². The lowest BCUT2D eigenvalue weighted by molar-refractivity contribution is -0.131. The fourth-order valence-electron chi connectivity index (χ4n) is 2.62. The van der Waals surface area contributed by atoms with Crippen LogP contribution in [0.4, 0.5) is 0 Å². The summed E-state index contributed by atoms with van der Waals surface area (Å²) >= 11 is 0. The zero-order chi connectivity index (χ0) is 10.2. The number of carboxylic acids is 1. The van der Waals surface area contributed by atoms with Crippen LogP contribution in [0.5, 0.6) is 0 Å². The number of likely N-dealkylation sites (tertiary alicyclic amines) is 2. The van der Waals surface area contributed by atoms with Gasteiger partial charge in [-0.2, -0.15) is 0 Å². The molecule has 0 atom stereocenters. The second-order valence-corrected chi connectivity index (χ2v) is 4.55. The Kier molecular flexibility index (Phi) is 2.23. The Balaban J connectivity index is 1.86. The SMILES string of the molecule is CN1CC2(CCN(/C=C/C(=O)O)C2)C1. The van der Waals surface area contributed by atoms with Crippen molar-refractivity contribution in [2.75, 3.05) is 33.2 Å². The molecule has 1 spiro atoms. The van der Waals surface area contributed by atoms with Crippen LogP contribution in [-0.2, 0) is 4.79 Å². The van der Waals surface area contributed by atoms with Gasteiger partial charge in [0, 0.05) is 43.9 Å². The molecule has 0 bridgehead atoms. The van der Waals surface area contributed by atoms with E-state index >= 15 is 0 Å². The van der Waals surface area contributed by atoms with Crippen molar-refractivity contribution in [1.82, 2.24) is 9.80 Å². The largest absolute Gasteiger partial charge is 0.478 e. The molecule has 4 heteroatoms. The van der Waals surface area contributed by atoms with Crippen LogP contribution >= 0.6 is 0 Å². The van der Waals surface area contributed by atoms with Crippen LogP contribution in [0, 0.1) is 5.41 Å². The first-order valence-electron chi connectivity index (χ1n) is 4.93.